The zero-order valence-electron chi connectivity index (χ0n) is 8.14. The van der Waals surface area contributed by atoms with Crippen LogP contribution in [0.4, 0.5) is 0 Å². The lowest BCUT2D eigenvalue weighted by molar-refractivity contribution is -0.138. The number of carboxylic acid groups (broad SMARTS) is 1. The van der Waals surface area contributed by atoms with Crippen LogP contribution in [0.15, 0.2) is 12.5 Å². The van der Waals surface area contributed by atoms with Crippen molar-refractivity contribution >= 4 is 28.6 Å². The molecule has 0 aliphatic heterocycles. The fraction of sp³-hybridized carbons (Fsp3) is 0.222. The molecule has 0 aromatic carbocycles. The van der Waals surface area contributed by atoms with Gasteiger partial charge in [0, 0.05) is 12.7 Å². The molecule has 0 bridgehead atoms. The fourth-order valence-electron chi connectivity index (χ4n) is 1.58. The number of carboxylic acids is 1. The number of H-pyrrole nitrogens is 1. The van der Waals surface area contributed by atoms with E-state index in [2.05, 4.69) is 15.0 Å². The van der Waals surface area contributed by atoms with Gasteiger partial charge in [-0.2, -0.15) is 0 Å². The lowest BCUT2D eigenvalue weighted by atomic mass is 10.0. The number of rotatable bonds is 3. The van der Waals surface area contributed by atoms with Crippen LogP contribution in [0.3, 0.4) is 0 Å². The average molecular weight is 241 g/mol. The highest BCUT2D eigenvalue weighted by atomic mass is 35.5. The molecule has 0 saturated carbocycles. The van der Waals surface area contributed by atoms with Crippen LogP contribution in [0.25, 0.3) is 11.0 Å². The number of nitrogens with two attached hydrogens (primary N) is 1. The SMILES string of the molecule is NCC(C(=O)O)c1c[nH]c2ncnc(Cl)c12. The Morgan fingerprint density at radius 2 is 2.38 bits per heavy atom. The monoisotopic (exact) mass is 240 g/mol. The third-order valence-corrected chi connectivity index (χ3v) is 2.65. The summed E-state index contributed by atoms with van der Waals surface area (Å²) in [4.78, 5) is 21.6. The minimum atomic E-state index is -0.997. The second kappa shape index (κ2) is 4.07. The Kier molecular flexibility index (Phi) is 2.76. The number of aliphatic carboxylic acids is 1. The molecule has 84 valence electrons. The summed E-state index contributed by atoms with van der Waals surface area (Å²) in [7, 11) is 0. The van der Waals surface area contributed by atoms with Crippen LogP contribution in [0.1, 0.15) is 11.5 Å². The summed E-state index contributed by atoms with van der Waals surface area (Å²) in [6.45, 7) is -0.00644. The lowest BCUT2D eigenvalue weighted by Gasteiger charge is -2.08. The van der Waals surface area contributed by atoms with Crippen molar-refractivity contribution in [1.29, 1.82) is 0 Å². The first-order chi connectivity index (χ1) is 7.65. The van der Waals surface area contributed by atoms with E-state index in [1.54, 1.807) is 6.20 Å². The molecule has 2 heterocycles. The first-order valence-corrected chi connectivity index (χ1v) is 4.93. The van der Waals surface area contributed by atoms with Crippen LogP contribution in [0, 0.1) is 0 Å². The molecule has 16 heavy (non-hydrogen) atoms. The summed E-state index contributed by atoms with van der Waals surface area (Å²) in [5, 5.41) is 9.76. The molecule has 7 heteroatoms. The van der Waals surface area contributed by atoms with Crippen molar-refractivity contribution in [3.8, 4) is 0 Å². The van der Waals surface area contributed by atoms with Gasteiger partial charge in [-0.05, 0) is 5.56 Å². The quantitative estimate of drug-likeness (QED) is 0.686. The van der Waals surface area contributed by atoms with Gasteiger partial charge in [0.05, 0.1) is 11.3 Å². The third-order valence-electron chi connectivity index (χ3n) is 2.36. The summed E-state index contributed by atoms with van der Waals surface area (Å²) in [6, 6.07) is 0. The van der Waals surface area contributed by atoms with Gasteiger partial charge in [0.25, 0.3) is 0 Å². The van der Waals surface area contributed by atoms with E-state index < -0.39 is 11.9 Å². The number of halogens is 1. The van der Waals surface area contributed by atoms with Gasteiger partial charge in [-0.25, -0.2) is 9.97 Å². The first-order valence-electron chi connectivity index (χ1n) is 4.55. The van der Waals surface area contributed by atoms with E-state index in [1.807, 2.05) is 0 Å². The Morgan fingerprint density at radius 3 is 3.00 bits per heavy atom. The molecule has 2 aromatic rings. The predicted octanol–water partition coefficient (Wildman–Crippen LogP) is 0.738. The minimum Gasteiger partial charge on any atom is -0.481 e. The molecule has 0 fully saturated rings. The van der Waals surface area contributed by atoms with E-state index in [0.29, 0.717) is 16.6 Å². The van der Waals surface area contributed by atoms with E-state index in [9.17, 15) is 4.79 Å². The highest BCUT2D eigenvalue weighted by Crippen LogP contribution is 2.28. The van der Waals surface area contributed by atoms with Gasteiger partial charge in [0.2, 0.25) is 0 Å². The maximum Gasteiger partial charge on any atom is 0.312 e. The lowest BCUT2D eigenvalue weighted by Crippen LogP contribution is -2.20. The molecule has 1 atom stereocenters. The number of hydrogen-bond donors (Lipinski definition) is 3. The van der Waals surface area contributed by atoms with Crippen LogP contribution >= 0.6 is 11.6 Å². The van der Waals surface area contributed by atoms with Crippen LogP contribution in [-0.4, -0.2) is 32.6 Å². The highest BCUT2D eigenvalue weighted by Gasteiger charge is 2.23. The second-order valence-electron chi connectivity index (χ2n) is 3.26. The Morgan fingerprint density at radius 1 is 1.62 bits per heavy atom. The molecular weight excluding hydrogens is 232 g/mol. The van der Waals surface area contributed by atoms with Crippen molar-refractivity contribution in [2.24, 2.45) is 5.73 Å². The van der Waals surface area contributed by atoms with Gasteiger partial charge < -0.3 is 15.8 Å². The van der Waals surface area contributed by atoms with Crippen molar-refractivity contribution in [1.82, 2.24) is 15.0 Å². The van der Waals surface area contributed by atoms with E-state index in [-0.39, 0.29) is 11.7 Å². The second-order valence-corrected chi connectivity index (χ2v) is 3.62. The average Bonchev–Trinajstić information content (AvgIpc) is 2.64. The molecule has 0 saturated heterocycles. The van der Waals surface area contributed by atoms with E-state index in [1.165, 1.54) is 6.33 Å². The largest absolute Gasteiger partial charge is 0.481 e. The van der Waals surface area contributed by atoms with Crippen molar-refractivity contribution in [3.63, 3.8) is 0 Å². The zero-order chi connectivity index (χ0) is 11.7. The van der Waals surface area contributed by atoms with Crippen LogP contribution < -0.4 is 5.73 Å². The summed E-state index contributed by atoms with van der Waals surface area (Å²) < 4.78 is 0. The van der Waals surface area contributed by atoms with E-state index in [4.69, 9.17) is 22.4 Å². The number of aromatic amines is 1. The molecule has 0 radical (unpaired) electrons. The van der Waals surface area contributed by atoms with Gasteiger partial charge in [-0.15, -0.1) is 0 Å². The normalized spacial score (nSPS) is 12.9. The van der Waals surface area contributed by atoms with Crippen molar-refractivity contribution in [3.05, 3.63) is 23.2 Å². The third kappa shape index (κ3) is 1.62. The Labute approximate surface area is 95.5 Å². The Balaban J connectivity index is 2.65. The molecule has 4 N–H and O–H groups in total. The van der Waals surface area contributed by atoms with Crippen LogP contribution in [-0.2, 0) is 4.79 Å². The van der Waals surface area contributed by atoms with Crippen molar-refractivity contribution in [2.75, 3.05) is 6.54 Å². The molecule has 0 aliphatic carbocycles. The maximum absolute atomic E-state index is 11.0. The van der Waals surface area contributed by atoms with Gasteiger partial charge in [-0.1, -0.05) is 11.6 Å². The van der Waals surface area contributed by atoms with Gasteiger partial charge in [-0.3, -0.25) is 4.79 Å². The fourth-order valence-corrected chi connectivity index (χ4v) is 1.83. The summed E-state index contributed by atoms with van der Waals surface area (Å²) in [5.41, 5.74) is 6.45. The number of nitrogens with one attached hydrogen (secondary N) is 1. The molecular formula is C9H9ClN4O2. The molecule has 2 rings (SSSR count). The van der Waals surface area contributed by atoms with E-state index in [0.717, 1.165) is 0 Å². The maximum atomic E-state index is 11.0. The van der Waals surface area contributed by atoms with E-state index >= 15 is 0 Å². The summed E-state index contributed by atoms with van der Waals surface area (Å²) in [5.74, 6) is -1.81. The smallest absolute Gasteiger partial charge is 0.312 e. The molecule has 0 spiro atoms. The Hall–Kier alpha value is -1.66. The number of carbonyl (C=O) groups is 1. The zero-order valence-corrected chi connectivity index (χ0v) is 8.90. The number of nitrogens with zero attached hydrogens (tertiary/aromatic N) is 2. The number of fused-ring (bicyclic) bond motifs is 1. The van der Waals surface area contributed by atoms with Gasteiger partial charge >= 0.3 is 5.97 Å². The Bertz CT molecular complexity index is 539. The summed E-state index contributed by atoms with van der Waals surface area (Å²) in [6.07, 6.45) is 2.86. The molecule has 6 nitrogen and oxygen atoms in total. The van der Waals surface area contributed by atoms with Gasteiger partial charge in [0.15, 0.2) is 0 Å². The minimum absolute atomic E-state index is 0.00644. The van der Waals surface area contributed by atoms with Crippen molar-refractivity contribution < 1.29 is 9.90 Å². The molecule has 0 amide bonds. The van der Waals surface area contributed by atoms with Gasteiger partial charge in [0.1, 0.15) is 17.1 Å². The summed E-state index contributed by atoms with van der Waals surface area (Å²) >= 11 is 5.90. The molecule has 0 aliphatic rings. The van der Waals surface area contributed by atoms with Crippen molar-refractivity contribution in [2.45, 2.75) is 5.92 Å². The highest BCUT2D eigenvalue weighted by molar-refractivity contribution is 6.34. The van der Waals surface area contributed by atoms with Crippen LogP contribution in [0.2, 0.25) is 5.15 Å². The predicted molar refractivity (Wildman–Crippen MR) is 58.3 cm³/mol. The number of hydrogen-bond acceptors (Lipinski definition) is 4. The molecule has 1 unspecified atom stereocenters. The number of aromatic nitrogens is 3. The topological polar surface area (TPSA) is 105 Å². The van der Waals surface area contributed by atoms with Crippen LogP contribution in [0.5, 0.6) is 0 Å². The molecule has 2 aromatic heterocycles. The first kappa shape index (κ1) is 10.8. The standard InChI is InChI=1S/C9H9ClN4O2/c10-7-6-5(4(1-11)9(15)16)2-12-8(6)14-3-13-7/h2-4H,1,11H2,(H,15,16)(H,12,13,14).